The molecule has 168 valence electrons. The van der Waals surface area contributed by atoms with Crippen molar-refractivity contribution in [1.82, 2.24) is 0 Å². The predicted octanol–water partition coefficient (Wildman–Crippen LogP) is 6.93. The van der Waals surface area contributed by atoms with Crippen LogP contribution in [0.5, 0.6) is 0 Å². The molecule has 1 heterocycles. The van der Waals surface area contributed by atoms with Gasteiger partial charge in [0.2, 0.25) is 0 Å². The zero-order valence-corrected chi connectivity index (χ0v) is 19.5. The quantitative estimate of drug-likeness (QED) is 0.298. The molecule has 0 spiro atoms. The summed E-state index contributed by atoms with van der Waals surface area (Å²) < 4.78 is 5.76. The number of hydrogen-bond acceptors (Lipinski definition) is 3. The number of allylic oxidation sites excluding steroid dienone is 7. The minimum Gasteiger partial charge on any atom is -0.478 e. The molecule has 1 atom stereocenters. The van der Waals surface area contributed by atoms with Gasteiger partial charge in [-0.15, -0.1) is 0 Å². The smallest absolute Gasteiger partial charge is 0.331 e. The molecule has 0 saturated carbocycles. The lowest BCUT2D eigenvalue weighted by molar-refractivity contribution is -0.132. The maximum Gasteiger partial charge on any atom is 0.331 e. The van der Waals surface area contributed by atoms with Crippen LogP contribution in [0.1, 0.15) is 77.7 Å². The third-order valence-electron chi connectivity index (χ3n) is 5.57. The van der Waals surface area contributed by atoms with Crippen LogP contribution >= 0.6 is 0 Å². The summed E-state index contributed by atoms with van der Waals surface area (Å²) in [5, 5.41) is 20.1. The number of aliphatic hydroxyl groups is 1. The van der Waals surface area contributed by atoms with Crippen LogP contribution < -0.4 is 0 Å². The minimum absolute atomic E-state index is 0.488. The second-order valence-electron chi connectivity index (χ2n) is 8.77. The van der Waals surface area contributed by atoms with Gasteiger partial charge in [0.1, 0.15) is 17.1 Å². The number of rotatable bonds is 11. The number of carboxylic acid groups (broad SMARTS) is 1. The van der Waals surface area contributed by atoms with E-state index in [4.69, 9.17) is 4.42 Å². The third kappa shape index (κ3) is 7.55. The fraction of sp³-hybridized carbons (Fsp3) is 0.444. The van der Waals surface area contributed by atoms with E-state index >= 15 is 0 Å². The Morgan fingerprint density at radius 1 is 1.06 bits per heavy atom. The topological polar surface area (TPSA) is 70.7 Å². The Morgan fingerprint density at radius 2 is 1.77 bits per heavy atom. The Balaban J connectivity index is 1.94. The summed E-state index contributed by atoms with van der Waals surface area (Å²) in [4.78, 5) is 11.4. The molecule has 1 aliphatic rings. The van der Waals surface area contributed by atoms with E-state index in [9.17, 15) is 15.0 Å². The van der Waals surface area contributed by atoms with E-state index < -0.39 is 11.6 Å². The highest BCUT2D eigenvalue weighted by Gasteiger charge is 2.30. The van der Waals surface area contributed by atoms with Gasteiger partial charge < -0.3 is 14.6 Å². The highest BCUT2D eigenvalue weighted by Crippen LogP contribution is 2.38. The molecule has 0 aromatic carbocycles. The van der Waals surface area contributed by atoms with E-state index in [2.05, 4.69) is 19.1 Å². The molecule has 0 saturated heterocycles. The van der Waals surface area contributed by atoms with E-state index in [1.165, 1.54) is 11.1 Å². The predicted molar refractivity (Wildman–Crippen MR) is 127 cm³/mol. The molecule has 1 aromatic heterocycles. The largest absolute Gasteiger partial charge is 0.478 e. The molecule has 1 aromatic rings. The van der Waals surface area contributed by atoms with Gasteiger partial charge in [-0.05, 0) is 96.9 Å². The number of carboxylic acids is 1. The highest BCUT2D eigenvalue weighted by molar-refractivity contribution is 5.86. The SMILES string of the molecule is CC(C)=CCC/C(=C/CC/C(C)=C/CCC1=C(c2ccc(C)o2)C=CC1(C)O)C(=O)O. The molecule has 4 nitrogen and oxygen atoms in total. The minimum atomic E-state index is -0.956. The molecular formula is C27H36O4. The molecule has 0 bridgehead atoms. The zero-order chi connectivity index (χ0) is 23.0. The number of hydrogen-bond donors (Lipinski definition) is 2. The molecule has 31 heavy (non-hydrogen) atoms. The van der Waals surface area contributed by atoms with Crippen LogP contribution in [0, 0.1) is 6.92 Å². The monoisotopic (exact) mass is 424 g/mol. The Kier molecular flexibility index (Phi) is 8.88. The van der Waals surface area contributed by atoms with Gasteiger partial charge in [0.15, 0.2) is 0 Å². The molecule has 1 unspecified atom stereocenters. The van der Waals surface area contributed by atoms with Crippen molar-refractivity contribution in [3.63, 3.8) is 0 Å². The van der Waals surface area contributed by atoms with Crippen molar-refractivity contribution >= 4 is 11.5 Å². The first-order chi connectivity index (χ1) is 14.6. The standard InChI is InChI=1S/C27H36O4/c1-19(2)9-6-12-22(26(28)29)13-7-10-20(3)11-8-14-24-23(17-18-27(24,5)30)25-16-15-21(4)31-25/h9,11,13,15-18,30H,6-8,10,12,14H2,1-5H3,(H,28,29)/b20-11+,22-13-. The van der Waals surface area contributed by atoms with Gasteiger partial charge in [0.25, 0.3) is 0 Å². The van der Waals surface area contributed by atoms with Crippen molar-refractivity contribution in [2.45, 2.75) is 78.7 Å². The first-order valence-corrected chi connectivity index (χ1v) is 11.0. The van der Waals surface area contributed by atoms with Crippen LogP contribution in [0.2, 0.25) is 0 Å². The maximum atomic E-state index is 11.4. The first-order valence-electron chi connectivity index (χ1n) is 11.0. The van der Waals surface area contributed by atoms with Crippen molar-refractivity contribution in [1.29, 1.82) is 0 Å². The molecule has 0 radical (unpaired) electrons. The van der Waals surface area contributed by atoms with Crippen LogP contribution in [0.25, 0.3) is 5.57 Å². The van der Waals surface area contributed by atoms with Crippen LogP contribution in [0.3, 0.4) is 0 Å². The summed E-state index contributed by atoms with van der Waals surface area (Å²) >= 11 is 0. The van der Waals surface area contributed by atoms with E-state index in [1.54, 1.807) is 0 Å². The molecule has 1 aliphatic carbocycles. The second-order valence-corrected chi connectivity index (χ2v) is 8.77. The van der Waals surface area contributed by atoms with Crippen molar-refractivity contribution in [2.24, 2.45) is 0 Å². The van der Waals surface area contributed by atoms with Gasteiger partial charge in [-0.2, -0.15) is 0 Å². The van der Waals surface area contributed by atoms with Crippen LogP contribution in [-0.2, 0) is 4.79 Å². The third-order valence-corrected chi connectivity index (χ3v) is 5.57. The molecule has 4 heteroatoms. The van der Waals surface area contributed by atoms with Gasteiger partial charge in [-0.1, -0.05) is 35.5 Å². The summed E-state index contributed by atoms with van der Waals surface area (Å²) in [6, 6.07) is 3.88. The van der Waals surface area contributed by atoms with E-state index in [0.29, 0.717) is 12.0 Å². The summed E-state index contributed by atoms with van der Waals surface area (Å²) in [6.45, 7) is 9.85. The number of carbonyl (C=O) groups is 1. The molecule has 2 rings (SSSR count). The molecule has 0 fully saturated rings. The lowest BCUT2D eigenvalue weighted by Crippen LogP contribution is -2.21. The normalized spacial score (nSPS) is 19.3. The Labute approximate surface area is 186 Å². The number of aryl methyl sites for hydroxylation is 1. The van der Waals surface area contributed by atoms with Gasteiger partial charge in [0, 0.05) is 11.1 Å². The first kappa shape index (κ1) is 24.7. The maximum absolute atomic E-state index is 11.4. The van der Waals surface area contributed by atoms with Crippen molar-refractivity contribution in [2.75, 3.05) is 0 Å². The molecule has 0 aliphatic heterocycles. The van der Waals surface area contributed by atoms with Crippen LogP contribution in [0.4, 0.5) is 0 Å². The number of aliphatic carboxylic acids is 1. The van der Waals surface area contributed by atoms with Crippen molar-refractivity contribution in [3.8, 4) is 0 Å². The highest BCUT2D eigenvalue weighted by atomic mass is 16.4. The lowest BCUT2D eigenvalue weighted by Gasteiger charge is -2.20. The zero-order valence-electron chi connectivity index (χ0n) is 19.5. The number of furan rings is 1. The average molecular weight is 425 g/mol. The summed E-state index contributed by atoms with van der Waals surface area (Å²) in [5.74, 6) is 0.821. The summed E-state index contributed by atoms with van der Waals surface area (Å²) in [5.41, 5.74) is 3.91. The van der Waals surface area contributed by atoms with Crippen LogP contribution in [-0.4, -0.2) is 21.8 Å². The molecular weight excluding hydrogens is 388 g/mol. The summed E-state index contributed by atoms with van der Waals surface area (Å²) in [7, 11) is 0. The molecule has 2 N–H and O–H groups in total. The van der Waals surface area contributed by atoms with Gasteiger partial charge >= 0.3 is 5.97 Å². The lowest BCUT2D eigenvalue weighted by atomic mass is 9.92. The van der Waals surface area contributed by atoms with E-state index in [1.807, 2.05) is 58.1 Å². The van der Waals surface area contributed by atoms with E-state index in [-0.39, 0.29) is 0 Å². The average Bonchev–Trinajstić information content (AvgIpc) is 3.23. The van der Waals surface area contributed by atoms with E-state index in [0.717, 1.165) is 54.8 Å². The Morgan fingerprint density at radius 3 is 2.39 bits per heavy atom. The Bertz CT molecular complexity index is 928. The fourth-order valence-corrected chi connectivity index (χ4v) is 3.77. The van der Waals surface area contributed by atoms with Gasteiger partial charge in [0.05, 0.1) is 0 Å². The van der Waals surface area contributed by atoms with Gasteiger partial charge in [-0.3, -0.25) is 0 Å². The van der Waals surface area contributed by atoms with Crippen molar-refractivity contribution in [3.05, 3.63) is 76.3 Å². The second kappa shape index (κ2) is 11.1. The van der Waals surface area contributed by atoms with Gasteiger partial charge in [-0.25, -0.2) is 4.79 Å². The van der Waals surface area contributed by atoms with Crippen molar-refractivity contribution < 1.29 is 19.4 Å². The van der Waals surface area contributed by atoms with Crippen LogP contribution in [0.15, 0.2) is 69.2 Å². The summed E-state index contributed by atoms with van der Waals surface area (Å²) in [6.07, 6.45) is 14.3. The molecule has 0 amide bonds. The fourth-order valence-electron chi connectivity index (χ4n) is 3.77. The Hall–Kier alpha value is -2.59.